The zero-order valence-corrected chi connectivity index (χ0v) is 11.9. The Balaban J connectivity index is 2.25. The fourth-order valence-corrected chi connectivity index (χ4v) is 1.67. The second kappa shape index (κ2) is 7.14. The molecule has 0 bridgehead atoms. The van der Waals surface area contributed by atoms with Crippen molar-refractivity contribution < 1.29 is 14.6 Å². The smallest absolute Gasteiger partial charge is 0.407 e. The molecule has 0 aliphatic heterocycles. The van der Waals surface area contributed by atoms with Gasteiger partial charge in [-0.25, -0.2) is 4.79 Å². The van der Waals surface area contributed by atoms with Crippen molar-refractivity contribution in [2.24, 2.45) is 0 Å². The summed E-state index contributed by atoms with van der Waals surface area (Å²) in [7, 11) is 0. The number of alkyl carbamates (subject to hydrolysis) is 1. The van der Waals surface area contributed by atoms with Crippen molar-refractivity contribution in [2.45, 2.75) is 45.8 Å². The molecule has 106 valence electrons. The van der Waals surface area contributed by atoms with Crippen LogP contribution in [0.4, 0.5) is 4.79 Å². The summed E-state index contributed by atoms with van der Waals surface area (Å²) in [5, 5.41) is 11.8. The third kappa shape index (κ3) is 6.82. The highest BCUT2D eigenvalue weighted by Gasteiger charge is 2.14. The predicted octanol–water partition coefficient (Wildman–Crippen LogP) is 2.64. The summed E-state index contributed by atoms with van der Waals surface area (Å²) in [6.45, 7) is 6.18. The van der Waals surface area contributed by atoms with E-state index in [9.17, 15) is 4.79 Å². The van der Waals surface area contributed by atoms with Crippen LogP contribution in [0.1, 0.15) is 38.3 Å². The highest BCUT2D eigenvalue weighted by Crippen LogP contribution is 2.08. The number of amides is 1. The van der Waals surface area contributed by atoms with Crippen LogP contribution in [0.25, 0.3) is 0 Å². The first-order valence-electron chi connectivity index (χ1n) is 6.54. The summed E-state index contributed by atoms with van der Waals surface area (Å²) < 4.78 is 5.10. The zero-order valence-electron chi connectivity index (χ0n) is 11.9. The van der Waals surface area contributed by atoms with Gasteiger partial charge in [-0.1, -0.05) is 24.3 Å². The van der Waals surface area contributed by atoms with Gasteiger partial charge >= 0.3 is 6.09 Å². The van der Waals surface area contributed by atoms with Gasteiger partial charge in [0, 0.05) is 5.54 Å². The SMILES string of the molecule is CC(C)(C)NC(=O)OCCCc1cccc(CO)c1. The van der Waals surface area contributed by atoms with Gasteiger partial charge in [-0.05, 0) is 44.7 Å². The maximum absolute atomic E-state index is 11.4. The number of nitrogens with one attached hydrogen (secondary N) is 1. The largest absolute Gasteiger partial charge is 0.450 e. The average Bonchev–Trinajstić information content (AvgIpc) is 2.33. The Labute approximate surface area is 114 Å². The summed E-state index contributed by atoms with van der Waals surface area (Å²) in [5.74, 6) is 0. The van der Waals surface area contributed by atoms with Crippen molar-refractivity contribution in [2.75, 3.05) is 6.61 Å². The third-order valence-corrected chi connectivity index (χ3v) is 2.49. The lowest BCUT2D eigenvalue weighted by Crippen LogP contribution is -2.41. The summed E-state index contributed by atoms with van der Waals surface area (Å²) in [4.78, 5) is 11.4. The molecule has 0 aromatic heterocycles. The number of ether oxygens (including phenoxy) is 1. The molecular formula is C15H23NO3. The zero-order chi connectivity index (χ0) is 14.3. The van der Waals surface area contributed by atoms with E-state index in [-0.39, 0.29) is 18.2 Å². The molecule has 0 spiro atoms. The minimum absolute atomic E-state index is 0.0539. The second-order valence-electron chi connectivity index (χ2n) is 5.59. The molecule has 19 heavy (non-hydrogen) atoms. The fraction of sp³-hybridized carbons (Fsp3) is 0.533. The number of carbonyl (C=O) groups is 1. The number of aliphatic hydroxyl groups is 1. The molecule has 0 saturated carbocycles. The summed E-state index contributed by atoms with van der Waals surface area (Å²) in [6.07, 6.45) is 1.22. The molecule has 0 saturated heterocycles. The molecule has 0 radical (unpaired) electrons. The standard InChI is InChI=1S/C15H23NO3/c1-15(2,3)16-14(18)19-9-5-8-12-6-4-7-13(10-12)11-17/h4,6-7,10,17H,5,8-9,11H2,1-3H3,(H,16,18). The highest BCUT2D eigenvalue weighted by molar-refractivity contribution is 5.67. The molecule has 0 aliphatic rings. The number of hydrogen-bond acceptors (Lipinski definition) is 3. The van der Waals surface area contributed by atoms with Gasteiger partial charge in [-0.3, -0.25) is 0 Å². The van der Waals surface area contributed by atoms with E-state index in [0.29, 0.717) is 6.61 Å². The maximum Gasteiger partial charge on any atom is 0.407 e. The molecule has 0 aliphatic carbocycles. The van der Waals surface area contributed by atoms with E-state index in [2.05, 4.69) is 5.32 Å². The predicted molar refractivity (Wildman–Crippen MR) is 74.9 cm³/mol. The van der Waals surface area contributed by atoms with Crippen LogP contribution in [0.3, 0.4) is 0 Å². The first kappa shape index (κ1) is 15.5. The van der Waals surface area contributed by atoms with Crippen molar-refractivity contribution in [3.8, 4) is 0 Å². The number of carbonyl (C=O) groups excluding carboxylic acids is 1. The van der Waals surface area contributed by atoms with Gasteiger partial charge in [-0.15, -0.1) is 0 Å². The Hall–Kier alpha value is -1.55. The van der Waals surface area contributed by atoms with E-state index in [1.54, 1.807) is 0 Å². The van der Waals surface area contributed by atoms with Crippen molar-refractivity contribution >= 4 is 6.09 Å². The summed E-state index contributed by atoms with van der Waals surface area (Å²) in [6, 6.07) is 7.79. The lowest BCUT2D eigenvalue weighted by molar-refractivity contribution is 0.136. The topological polar surface area (TPSA) is 58.6 Å². The fourth-order valence-electron chi connectivity index (χ4n) is 1.67. The van der Waals surface area contributed by atoms with Crippen molar-refractivity contribution in [1.29, 1.82) is 0 Å². The monoisotopic (exact) mass is 265 g/mol. The Morgan fingerprint density at radius 1 is 1.32 bits per heavy atom. The molecule has 0 fully saturated rings. The minimum atomic E-state index is -0.378. The summed E-state index contributed by atoms with van der Waals surface area (Å²) >= 11 is 0. The van der Waals surface area contributed by atoms with Gasteiger partial charge in [0.1, 0.15) is 0 Å². The lowest BCUT2D eigenvalue weighted by atomic mass is 10.1. The Bertz CT molecular complexity index is 410. The van der Waals surface area contributed by atoms with Crippen molar-refractivity contribution in [3.05, 3.63) is 35.4 Å². The van der Waals surface area contributed by atoms with E-state index in [1.807, 2.05) is 45.0 Å². The quantitative estimate of drug-likeness (QED) is 0.805. The lowest BCUT2D eigenvalue weighted by Gasteiger charge is -2.19. The van der Waals surface area contributed by atoms with Gasteiger partial charge in [0.15, 0.2) is 0 Å². The molecule has 1 amide bonds. The Kier molecular flexibility index (Phi) is 5.83. The van der Waals surface area contributed by atoms with Crippen LogP contribution in [0.5, 0.6) is 0 Å². The van der Waals surface area contributed by atoms with Crippen LogP contribution in [0.15, 0.2) is 24.3 Å². The first-order chi connectivity index (χ1) is 8.90. The van der Waals surface area contributed by atoms with Gasteiger partial charge in [0.2, 0.25) is 0 Å². The molecule has 0 unspecified atom stereocenters. The molecule has 1 aromatic rings. The second-order valence-corrected chi connectivity index (χ2v) is 5.59. The normalized spacial score (nSPS) is 11.2. The van der Waals surface area contributed by atoms with E-state index in [4.69, 9.17) is 9.84 Å². The number of hydrogen-bond donors (Lipinski definition) is 2. The minimum Gasteiger partial charge on any atom is -0.450 e. The summed E-state index contributed by atoms with van der Waals surface area (Å²) in [5.41, 5.74) is 1.78. The van der Waals surface area contributed by atoms with E-state index >= 15 is 0 Å². The van der Waals surface area contributed by atoms with Gasteiger partial charge in [-0.2, -0.15) is 0 Å². The maximum atomic E-state index is 11.4. The van der Waals surface area contributed by atoms with Crippen LogP contribution in [-0.4, -0.2) is 23.3 Å². The van der Waals surface area contributed by atoms with Crippen LogP contribution in [-0.2, 0) is 17.8 Å². The molecule has 1 aromatic carbocycles. The van der Waals surface area contributed by atoms with Gasteiger partial charge in [0.05, 0.1) is 13.2 Å². The number of aryl methyl sites for hydroxylation is 1. The van der Waals surface area contributed by atoms with Crippen LogP contribution in [0, 0.1) is 0 Å². The molecule has 4 nitrogen and oxygen atoms in total. The molecule has 2 N–H and O–H groups in total. The molecular weight excluding hydrogens is 242 g/mol. The molecule has 0 atom stereocenters. The average molecular weight is 265 g/mol. The van der Waals surface area contributed by atoms with Crippen molar-refractivity contribution in [1.82, 2.24) is 5.32 Å². The molecule has 1 rings (SSSR count). The van der Waals surface area contributed by atoms with Crippen molar-refractivity contribution in [3.63, 3.8) is 0 Å². The van der Waals surface area contributed by atoms with Gasteiger partial charge < -0.3 is 15.2 Å². The van der Waals surface area contributed by atoms with E-state index in [0.717, 1.165) is 24.0 Å². The molecule has 0 heterocycles. The van der Waals surface area contributed by atoms with Crippen LogP contribution < -0.4 is 5.32 Å². The molecule has 4 heteroatoms. The number of rotatable bonds is 5. The third-order valence-electron chi connectivity index (χ3n) is 2.49. The Morgan fingerprint density at radius 3 is 2.63 bits per heavy atom. The number of benzene rings is 1. The van der Waals surface area contributed by atoms with Crippen LogP contribution in [0.2, 0.25) is 0 Å². The highest BCUT2D eigenvalue weighted by atomic mass is 16.5. The van der Waals surface area contributed by atoms with Crippen LogP contribution >= 0.6 is 0 Å². The van der Waals surface area contributed by atoms with E-state index < -0.39 is 0 Å². The van der Waals surface area contributed by atoms with Gasteiger partial charge in [0.25, 0.3) is 0 Å². The van der Waals surface area contributed by atoms with E-state index in [1.165, 1.54) is 0 Å². The Morgan fingerprint density at radius 2 is 2.00 bits per heavy atom. The number of aliphatic hydroxyl groups excluding tert-OH is 1. The first-order valence-corrected chi connectivity index (χ1v) is 6.54.